The molecule has 126 valence electrons. The predicted octanol–water partition coefficient (Wildman–Crippen LogP) is 3.92. The van der Waals surface area contributed by atoms with Gasteiger partial charge in [0.05, 0.1) is 5.56 Å². The highest BCUT2D eigenvalue weighted by Crippen LogP contribution is 2.39. The van der Waals surface area contributed by atoms with Crippen molar-refractivity contribution in [2.45, 2.75) is 38.5 Å². The Balaban J connectivity index is 1.80. The van der Waals surface area contributed by atoms with Crippen molar-refractivity contribution in [3.05, 3.63) is 65.0 Å². The molecule has 1 aliphatic heterocycles. The van der Waals surface area contributed by atoms with Gasteiger partial charge in [0.1, 0.15) is 17.2 Å². The highest BCUT2D eigenvalue weighted by molar-refractivity contribution is 5.87. The third-order valence-corrected chi connectivity index (χ3v) is 4.16. The van der Waals surface area contributed by atoms with Crippen molar-refractivity contribution in [1.82, 2.24) is 5.32 Å². The van der Waals surface area contributed by atoms with Crippen LogP contribution in [0.25, 0.3) is 0 Å². The Morgan fingerprint density at radius 1 is 1.33 bits per heavy atom. The summed E-state index contributed by atoms with van der Waals surface area (Å²) in [6.07, 6.45) is 0.740. The van der Waals surface area contributed by atoms with Crippen molar-refractivity contribution in [2.75, 3.05) is 0 Å². The molecule has 24 heavy (non-hydrogen) atoms. The summed E-state index contributed by atoms with van der Waals surface area (Å²) in [5.41, 5.74) is 1.68. The normalized spacial score (nSPS) is 18.5. The molecule has 0 saturated carbocycles. The minimum Gasteiger partial charge on any atom is -0.487 e. The van der Waals surface area contributed by atoms with Crippen LogP contribution in [0.4, 0.5) is 4.39 Å². The van der Waals surface area contributed by atoms with E-state index in [4.69, 9.17) is 9.84 Å². The lowest BCUT2D eigenvalue weighted by molar-refractivity contribution is 0.0652. The van der Waals surface area contributed by atoms with E-state index in [1.54, 1.807) is 24.3 Å². The van der Waals surface area contributed by atoms with Crippen molar-refractivity contribution in [3.8, 4) is 5.75 Å². The number of hydrogen-bond acceptors (Lipinski definition) is 3. The third kappa shape index (κ3) is 3.57. The average molecular weight is 329 g/mol. The van der Waals surface area contributed by atoms with Gasteiger partial charge in [0.2, 0.25) is 0 Å². The molecular weight excluding hydrogens is 309 g/mol. The van der Waals surface area contributed by atoms with Gasteiger partial charge in [-0.15, -0.1) is 0 Å². The summed E-state index contributed by atoms with van der Waals surface area (Å²) >= 11 is 0. The van der Waals surface area contributed by atoms with E-state index in [0.29, 0.717) is 12.3 Å². The summed E-state index contributed by atoms with van der Waals surface area (Å²) in [5.74, 6) is -0.702. The second-order valence-corrected chi connectivity index (χ2v) is 6.69. The zero-order valence-electron chi connectivity index (χ0n) is 13.7. The van der Waals surface area contributed by atoms with Gasteiger partial charge in [-0.2, -0.15) is 0 Å². The number of ether oxygens (including phenoxy) is 1. The van der Waals surface area contributed by atoms with E-state index < -0.39 is 11.6 Å². The van der Waals surface area contributed by atoms with Crippen molar-refractivity contribution < 1.29 is 19.0 Å². The number of carboxylic acids is 1. The summed E-state index contributed by atoms with van der Waals surface area (Å²) in [5, 5.41) is 12.5. The Kier molecular flexibility index (Phi) is 4.28. The molecule has 2 N–H and O–H groups in total. The van der Waals surface area contributed by atoms with Gasteiger partial charge in [0.15, 0.2) is 0 Å². The standard InChI is InChI=1S/C19H20FNO3/c1-19(2)10-16(15-7-6-14(20)9-17(15)24-19)21-11-12-4-3-5-13(8-12)18(22)23/h3-9,16,21H,10-11H2,1-2H3,(H,22,23). The molecule has 0 amide bonds. The number of carboxylic acid groups (broad SMARTS) is 1. The molecule has 0 aliphatic carbocycles. The minimum atomic E-state index is -0.940. The number of aromatic carboxylic acids is 1. The number of rotatable bonds is 4. The van der Waals surface area contributed by atoms with Gasteiger partial charge in [0.25, 0.3) is 0 Å². The summed E-state index contributed by atoms with van der Waals surface area (Å²) < 4.78 is 19.4. The quantitative estimate of drug-likeness (QED) is 0.893. The second kappa shape index (κ2) is 6.24. The van der Waals surface area contributed by atoms with Gasteiger partial charge in [-0.3, -0.25) is 0 Å². The van der Waals surface area contributed by atoms with Crippen LogP contribution in [0, 0.1) is 5.82 Å². The van der Waals surface area contributed by atoms with Crippen LogP contribution in [0.15, 0.2) is 42.5 Å². The first-order valence-electron chi connectivity index (χ1n) is 7.88. The topological polar surface area (TPSA) is 58.6 Å². The zero-order valence-corrected chi connectivity index (χ0v) is 13.7. The maximum atomic E-state index is 13.5. The number of carbonyl (C=O) groups is 1. The molecule has 0 bridgehead atoms. The van der Waals surface area contributed by atoms with E-state index in [1.807, 2.05) is 19.9 Å². The van der Waals surface area contributed by atoms with E-state index in [-0.39, 0.29) is 17.4 Å². The summed E-state index contributed by atoms with van der Waals surface area (Å²) in [6.45, 7) is 4.47. The van der Waals surface area contributed by atoms with Crippen LogP contribution < -0.4 is 10.1 Å². The predicted molar refractivity (Wildman–Crippen MR) is 88.7 cm³/mol. The van der Waals surface area contributed by atoms with Crippen LogP contribution in [-0.2, 0) is 6.54 Å². The SMILES string of the molecule is CC1(C)CC(NCc2cccc(C(=O)O)c2)c2ccc(F)cc2O1. The smallest absolute Gasteiger partial charge is 0.335 e. The van der Waals surface area contributed by atoms with Gasteiger partial charge in [-0.25, -0.2) is 9.18 Å². The monoisotopic (exact) mass is 329 g/mol. The first-order chi connectivity index (χ1) is 11.3. The Morgan fingerprint density at radius 2 is 2.12 bits per heavy atom. The Bertz CT molecular complexity index is 773. The number of hydrogen-bond donors (Lipinski definition) is 2. The minimum absolute atomic E-state index is 0.0119. The molecule has 0 fully saturated rings. The molecule has 5 heteroatoms. The molecule has 1 atom stereocenters. The molecule has 0 radical (unpaired) electrons. The lowest BCUT2D eigenvalue weighted by Gasteiger charge is -2.38. The van der Waals surface area contributed by atoms with Gasteiger partial charge < -0.3 is 15.2 Å². The van der Waals surface area contributed by atoms with Crippen LogP contribution in [0.2, 0.25) is 0 Å². The van der Waals surface area contributed by atoms with Gasteiger partial charge >= 0.3 is 5.97 Å². The van der Waals surface area contributed by atoms with Gasteiger partial charge in [0, 0.05) is 30.6 Å². The first-order valence-corrected chi connectivity index (χ1v) is 7.88. The van der Waals surface area contributed by atoms with Crippen LogP contribution in [0.5, 0.6) is 5.75 Å². The van der Waals surface area contributed by atoms with E-state index >= 15 is 0 Å². The first kappa shape index (κ1) is 16.5. The van der Waals surface area contributed by atoms with Crippen LogP contribution >= 0.6 is 0 Å². The van der Waals surface area contributed by atoms with E-state index in [0.717, 1.165) is 17.5 Å². The molecule has 3 rings (SSSR count). The number of benzene rings is 2. The molecule has 1 unspecified atom stereocenters. The Morgan fingerprint density at radius 3 is 2.88 bits per heavy atom. The second-order valence-electron chi connectivity index (χ2n) is 6.69. The molecule has 1 aliphatic rings. The molecule has 4 nitrogen and oxygen atoms in total. The fourth-order valence-corrected chi connectivity index (χ4v) is 3.06. The van der Waals surface area contributed by atoms with E-state index in [9.17, 15) is 9.18 Å². The van der Waals surface area contributed by atoms with Gasteiger partial charge in [-0.05, 0) is 37.6 Å². The highest BCUT2D eigenvalue weighted by atomic mass is 19.1. The summed E-state index contributed by atoms with van der Waals surface area (Å²) in [7, 11) is 0. The van der Waals surface area contributed by atoms with Crippen molar-refractivity contribution in [3.63, 3.8) is 0 Å². The van der Waals surface area contributed by atoms with Crippen molar-refractivity contribution >= 4 is 5.97 Å². The fourth-order valence-electron chi connectivity index (χ4n) is 3.06. The summed E-state index contributed by atoms with van der Waals surface area (Å²) in [4.78, 5) is 11.1. The fraction of sp³-hybridized carbons (Fsp3) is 0.316. The number of nitrogens with one attached hydrogen (secondary N) is 1. The summed E-state index contributed by atoms with van der Waals surface area (Å²) in [6, 6.07) is 11.4. The lowest BCUT2D eigenvalue weighted by Crippen LogP contribution is -2.39. The number of fused-ring (bicyclic) bond motifs is 1. The molecule has 2 aromatic carbocycles. The largest absolute Gasteiger partial charge is 0.487 e. The van der Waals surface area contributed by atoms with Crippen molar-refractivity contribution in [2.24, 2.45) is 0 Å². The van der Waals surface area contributed by atoms with Crippen LogP contribution in [0.1, 0.15) is 47.8 Å². The highest BCUT2D eigenvalue weighted by Gasteiger charge is 2.33. The van der Waals surface area contributed by atoms with Crippen LogP contribution in [-0.4, -0.2) is 16.7 Å². The maximum Gasteiger partial charge on any atom is 0.335 e. The average Bonchev–Trinajstić information content (AvgIpc) is 2.51. The third-order valence-electron chi connectivity index (χ3n) is 4.16. The maximum absolute atomic E-state index is 13.5. The lowest BCUT2D eigenvalue weighted by atomic mass is 9.89. The molecule has 1 heterocycles. The molecule has 0 saturated heterocycles. The Hall–Kier alpha value is -2.40. The van der Waals surface area contributed by atoms with Crippen LogP contribution in [0.3, 0.4) is 0 Å². The van der Waals surface area contributed by atoms with E-state index in [2.05, 4.69) is 5.32 Å². The van der Waals surface area contributed by atoms with Gasteiger partial charge in [-0.1, -0.05) is 18.2 Å². The Labute approximate surface area is 140 Å². The van der Waals surface area contributed by atoms with E-state index in [1.165, 1.54) is 12.1 Å². The molecule has 0 spiro atoms. The zero-order chi connectivity index (χ0) is 17.3. The molecule has 2 aromatic rings. The molecular formula is C19H20FNO3. The van der Waals surface area contributed by atoms with Crippen molar-refractivity contribution in [1.29, 1.82) is 0 Å². The number of halogens is 1. The molecule has 0 aromatic heterocycles.